The molecule has 0 aliphatic rings. The topological polar surface area (TPSA) is 92.7 Å². The third-order valence-corrected chi connectivity index (χ3v) is 4.92. The van der Waals surface area contributed by atoms with Crippen molar-refractivity contribution >= 4 is 21.5 Å². The van der Waals surface area contributed by atoms with Gasteiger partial charge < -0.3 is 15.2 Å². The quantitative estimate of drug-likeness (QED) is 0.721. The highest BCUT2D eigenvalue weighted by molar-refractivity contribution is 7.91. The van der Waals surface area contributed by atoms with Crippen LogP contribution in [0.3, 0.4) is 0 Å². The molecule has 1 atom stereocenters. The van der Waals surface area contributed by atoms with Crippen LogP contribution in [0.5, 0.6) is 0 Å². The predicted molar refractivity (Wildman–Crippen MR) is 80.3 cm³/mol. The van der Waals surface area contributed by atoms with E-state index in [1.165, 1.54) is 7.11 Å². The maximum Gasteiger partial charge on any atom is 0.306 e. The normalized spacial score (nSPS) is 12.9. The van der Waals surface area contributed by atoms with Crippen molar-refractivity contribution in [2.45, 2.75) is 30.8 Å². The number of carboxylic acids is 1. The van der Waals surface area contributed by atoms with E-state index in [0.29, 0.717) is 12.1 Å². The average molecular weight is 315 g/mol. The molecule has 0 aliphatic carbocycles. The van der Waals surface area contributed by atoms with Crippen LogP contribution in [0.15, 0.2) is 29.2 Å². The second kappa shape index (κ2) is 7.99. The highest BCUT2D eigenvalue weighted by Gasteiger charge is 2.18. The van der Waals surface area contributed by atoms with Gasteiger partial charge in [0.15, 0.2) is 9.84 Å². The molecular weight excluding hydrogens is 294 g/mol. The molecule has 0 bridgehead atoms. The number of para-hydroxylation sites is 1. The Kier molecular flexibility index (Phi) is 6.64. The van der Waals surface area contributed by atoms with Gasteiger partial charge in [-0.2, -0.15) is 0 Å². The van der Waals surface area contributed by atoms with Gasteiger partial charge in [-0.25, -0.2) is 8.42 Å². The summed E-state index contributed by atoms with van der Waals surface area (Å²) in [5, 5.41) is 11.7. The molecule has 2 N–H and O–H groups in total. The van der Waals surface area contributed by atoms with E-state index in [4.69, 9.17) is 9.84 Å². The number of aliphatic carboxylic acids is 1. The molecule has 7 heteroatoms. The van der Waals surface area contributed by atoms with Crippen molar-refractivity contribution in [1.29, 1.82) is 0 Å². The number of hydrogen-bond donors (Lipinski definition) is 2. The molecule has 0 heterocycles. The zero-order chi connectivity index (χ0) is 15.9. The van der Waals surface area contributed by atoms with Crippen LogP contribution in [-0.2, 0) is 19.4 Å². The lowest BCUT2D eigenvalue weighted by atomic mass is 10.2. The molecule has 0 saturated carbocycles. The summed E-state index contributed by atoms with van der Waals surface area (Å²) >= 11 is 0. The summed E-state index contributed by atoms with van der Waals surface area (Å²) in [7, 11) is -1.91. The van der Waals surface area contributed by atoms with E-state index in [9.17, 15) is 13.2 Å². The molecule has 0 aromatic heterocycles. The lowest BCUT2D eigenvalue weighted by molar-refractivity contribution is -0.139. The fraction of sp³-hybridized carbons (Fsp3) is 0.500. The molecule has 0 saturated heterocycles. The highest BCUT2D eigenvalue weighted by atomic mass is 32.2. The van der Waals surface area contributed by atoms with Gasteiger partial charge in [-0.1, -0.05) is 19.1 Å². The van der Waals surface area contributed by atoms with E-state index in [1.807, 2.05) is 0 Å². The summed E-state index contributed by atoms with van der Waals surface area (Å²) in [6.07, 6.45) is -0.131. The molecule has 118 valence electrons. The fourth-order valence-electron chi connectivity index (χ4n) is 1.92. The van der Waals surface area contributed by atoms with Gasteiger partial charge in [0.25, 0.3) is 0 Å². The molecule has 1 aromatic carbocycles. The Labute approximate surface area is 125 Å². The van der Waals surface area contributed by atoms with E-state index in [0.717, 1.165) is 0 Å². The van der Waals surface area contributed by atoms with Crippen LogP contribution in [0.25, 0.3) is 0 Å². The summed E-state index contributed by atoms with van der Waals surface area (Å²) in [5.41, 5.74) is 0.471. The van der Waals surface area contributed by atoms with E-state index in [-0.39, 0.29) is 23.6 Å². The first-order valence-corrected chi connectivity index (χ1v) is 8.36. The Morgan fingerprint density at radius 1 is 1.38 bits per heavy atom. The summed E-state index contributed by atoms with van der Waals surface area (Å²) in [6.45, 7) is 2.03. The van der Waals surface area contributed by atoms with Crippen molar-refractivity contribution in [3.8, 4) is 0 Å². The first kappa shape index (κ1) is 17.5. The molecule has 1 rings (SSSR count). The van der Waals surface area contributed by atoms with Crippen molar-refractivity contribution in [3.63, 3.8) is 0 Å². The zero-order valence-corrected chi connectivity index (χ0v) is 13.0. The van der Waals surface area contributed by atoms with E-state index in [2.05, 4.69) is 5.32 Å². The number of rotatable bonds is 9. The SMILES string of the molecule is CCCS(=O)(=O)c1ccccc1NCC(CC(=O)O)OC. The molecule has 0 spiro atoms. The smallest absolute Gasteiger partial charge is 0.306 e. The van der Waals surface area contributed by atoms with Gasteiger partial charge in [0, 0.05) is 13.7 Å². The van der Waals surface area contributed by atoms with Gasteiger partial charge in [0.05, 0.1) is 28.9 Å². The molecule has 0 fully saturated rings. The first-order valence-electron chi connectivity index (χ1n) is 6.71. The van der Waals surface area contributed by atoms with Crippen LogP contribution in [0, 0.1) is 0 Å². The predicted octanol–water partition coefficient (Wildman–Crippen LogP) is 1.77. The Bertz CT molecular complexity index is 570. The second-order valence-corrected chi connectivity index (χ2v) is 6.73. The zero-order valence-electron chi connectivity index (χ0n) is 12.2. The molecular formula is C14H21NO5S. The second-order valence-electron chi connectivity index (χ2n) is 4.65. The maximum absolute atomic E-state index is 12.2. The molecule has 1 unspecified atom stereocenters. The van der Waals surface area contributed by atoms with Crippen molar-refractivity contribution in [2.24, 2.45) is 0 Å². The van der Waals surface area contributed by atoms with Gasteiger partial charge in [0.1, 0.15) is 0 Å². The minimum atomic E-state index is -3.34. The molecule has 6 nitrogen and oxygen atoms in total. The number of carbonyl (C=O) groups is 1. The monoisotopic (exact) mass is 315 g/mol. The van der Waals surface area contributed by atoms with Gasteiger partial charge >= 0.3 is 5.97 Å². The van der Waals surface area contributed by atoms with Crippen LogP contribution in [0.4, 0.5) is 5.69 Å². The minimum Gasteiger partial charge on any atom is -0.481 e. The number of sulfone groups is 1. The Balaban J connectivity index is 2.87. The Morgan fingerprint density at radius 2 is 2.05 bits per heavy atom. The summed E-state index contributed by atoms with van der Waals surface area (Å²) in [6, 6.07) is 6.60. The fourth-order valence-corrected chi connectivity index (χ4v) is 3.44. The van der Waals surface area contributed by atoms with Gasteiger partial charge in [-0.05, 0) is 18.6 Å². The molecule has 21 heavy (non-hydrogen) atoms. The standard InChI is InChI=1S/C14H21NO5S/c1-3-8-21(18,19)13-7-5-4-6-12(13)15-10-11(20-2)9-14(16)17/h4-7,11,15H,3,8-10H2,1-2H3,(H,16,17). The first-order chi connectivity index (χ1) is 9.90. The largest absolute Gasteiger partial charge is 0.481 e. The number of methoxy groups -OCH3 is 1. The van der Waals surface area contributed by atoms with Crippen LogP contribution >= 0.6 is 0 Å². The van der Waals surface area contributed by atoms with Crippen LogP contribution in [-0.4, -0.2) is 45.0 Å². The van der Waals surface area contributed by atoms with Crippen molar-refractivity contribution < 1.29 is 23.1 Å². The number of carboxylic acid groups (broad SMARTS) is 1. The molecule has 1 aromatic rings. The molecule has 0 aliphatic heterocycles. The lowest BCUT2D eigenvalue weighted by Crippen LogP contribution is -2.25. The van der Waals surface area contributed by atoms with Gasteiger partial charge in [-0.15, -0.1) is 0 Å². The van der Waals surface area contributed by atoms with Crippen LogP contribution in [0.2, 0.25) is 0 Å². The van der Waals surface area contributed by atoms with E-state index in [1.54, 1.807) is 31.2 Å². The Hall–Kier alpha value is -1.60. The Morgan fingerprint density at radius 3 is 2.62 bits per heavy atom. The minimum absolute atomic E-state index is 0.0779. The van der Waals surface area contributed by atoms with Crippen LogP contribution < -0.4 is 5.32 Å². The number of benzene rings is 1. The average Bonchev–Trinajstić information content (AvgIpc) is 2.43. The third kappa shape index (κ3) is 5.35. The maximum atomic E-state index is 12.2. The summed E-state index contributed by atoms with van der Waals surface area (Å²) in [5.74, 6) is -0.885. The van der Waals surface area contributed by atoms with Gasteiger partial charge in [-0.3, -0.25) is 4.79 Å². The van der Waals surface area contributed by atoms with E-state index < -0.39 is 21.9 Å². The lowest BCUT2D eigenvalue weighted by Gasteiger charge is -2.17. The third-order valence-electron chi connectivity index (χ3n) is 2.95. The van der Waals surface area contributed by atoms with Crippen molar-refractivity contribution in [3.05, 3.63) is 24.3 Å². The summed E-state index contributed by atoms with van der Waals surface area (Å²) < 4.78 is 29.4. The van der Waals surface area contributed by atoms with Crippen LogP contribution in [0.1, 0.15) is 19.8 Å². The number of anilines is 1. The molecule has 0 radical (unpaired) electrons. The van der Waals surface area contributed by atoms with E-state index >= 15 is 0 Å². The number of ether oxygens (including phenoxy) is 1. The molecule has 0 amide bonds. The number of nitrogens with one attached hydrogen (secondary N) is 1. The highest BCUT2D eigenvalue weighted by Crippen LogP contribution is 2.22. The van der Waals surface area contributed by atoms with Gasteiger partial charge in [0.2, 0.25) is 0 Å². The number of hydrogen-bond acceptors (Lipinski definition) is 5. The van der Waals surface area contributed by atoms with Crippen molar-refractivity contribution in [1.82, 2.24) is 0 Å². The summed E-state index contributed by atoms with van der Waals surface area (Å²) in [4.78, 5) is 10.9. The van der Waals surface area contributed by atoms with Crippen molar-refractivity contribution in [2.75, 3.05) is 24.7 Å².